The van der Waals surface area contributed by atoms with Gasteiger partial charge in [0.25, 0.3) is 5.91 Å². The molecule has 1 aliphatic heterocycles. The fourth-order valence-corrected chi connectivity index (χ4v) is 3.61. The highest BCUT2D eigenvalue weighted by atomic mass is 32.2. The number of amides is 1. The molecular weight excluding hydrogens is 294 g/mol. The second-order valence-electron chi connectivity index (χ2n) is 5.46. The molecule has 1 amide bonds. The van der Waals surface area contributed by atoms with Crippen molar-refractivity contribution in [3.63, 3.8) is 0 Å². The van der Waals surface area contributed by atoms with Crippen LogP contribution in [0.5, 0.6) is 0 Å². The number of carbonyl (C=O) groups excluding carboxylic acids is 1. The number of rotatable bonds is 2. The standard InChI is InChI=1S/C17H19N3OS/c1-13-9-10-20(15-5-3-4-6-16(15)22-13)17(21)8-7-14-11-18-19(2)12-14/h3-8,11-13H,9-10H2,1-2H3/b8-7-/t13-/m0/s1. The third-order valence-corrected chi connectivity index (χ3v) is 4.89. The predicted molar refractivity (Wildman–Crippen MR) is 91.0 cm³/mol. The fourth-order valence-electron chi connectivity index (χ4n) is 2.50. The van der Waals surface area contributed by atoms with Gasteiger partial charge in [0.1, 0.15) is 0 Å². The summed E-state index contributed by atoms with van der Waals surface area (Å²) < 4.78 is 1.73. The lowest BCUT2D eigenvalue weighted by molar-refractivity contribution is -0.114. The zero-order valence-electron chi connectivity index (χ0n) is 12.8. The largest absolute Gasteiger partial charge is 0.308 e. The molecule has 0 spiro atoms. The van der Waals surface area contributed by atoms with E-state index in [9.17, 15) is 4.79 Å². The first-order valence-corrected chi connectivity index (χ1v) is 8.25. The molecule has 0 saturated heterocycles. The molecule has 0 fully saturated rings. The first-order valence-electron chi connectivity index (χ1n) is 7.37. The van der Waals surface area contributed by atoms with Gasteiger partial charge in [0.2, 0.25) is 0 Å². The van der Waals surface area contributed by atoms with E-state index in [1.54, 1.807) is 17.0 Å². The van der Waals surface area contributed by atoms with E-state index in [4.69, 9.17) is 0 Å². The molecule has 1 aromatic carbocycles. The van der Waals surface area contributed by atoms with Gasteiger partial charge >= 0.3 is 0 Å². The molecule has 0 aliphatic carbocycles. The third kappa shape index (κ3) is 3.25. The SMILES string of the molecule is C[C@H]1CCN(C(=O)/C=C\c2cnn(C)c2)c2ccccc2S1. The van der Waals surface area contributed by atoms with Crippen LogP contribution in [-0.4, -0.2) is 27.5 Å². The van der Waals surface area contributed by atoms with Gasteiger partial charge in [0.15, 0.2) is 0 Å². The van der Waals surface area contributed by atoms with E-state index in [0.29, 0.717) is 5.25 Å². The summed E-state index contributed by atoms with van der Waals surface area (Å²) in [7, 11) is 1.86. The lowest BCUT2D eigenvalue weighted by Gasteiger charge is -2.20. The molecule has 0 bridgehead atoms. The van der Waals surface area contributed by atoms with Crippen LogP contribution in [0.4, 0.5) is 5.69 Å². The van der Waals surface area contributed by atoms with E-state index in [1.807, 2.05) is 54.2 Å². The van der Waals surface area contributed by atoms with E-state index in [0.717, 1.165) is 24.2 Å². The molecule has 0 saturated carbocycles. The van der Waals surface area contributed by atoms with Crippen molar-refractivity contribution >= 4 is 29.4 Å². The summed E-state index contributed by atoms with van der Waals surface area (Å²) in [5.74, 6) is 0.0194. The molecule has 4 nitrogen and oxygen atoms in total. The lowest BCUT2D eigenvalue weighted by Crippen LogP contribution is -2.30. The minimum absolute atomic E-state index is 0.0194. The monoisotopic (exact) mass is 313 g/mol. The molecule has 1 atom stereocenters. The molecule has 0 unspecified atom stereocenters. The number of aryl methyl sites for hydroxylation is 1. The first kappa shape index (κ1) is 14.9. The van der Waals surface area contributed by atoms with E-state index in [-0.39, 0.29) is 5.91 Å². The molecule has 5 heteroatoms. The molecule has 2 heterocycles. The minimum Gasteiger partial charge on any atom is -0.308 e. The molecule has 1 aromatic heterocycles. The third-order valence-electron chi connectivity index (χ3n) is 3.65. The van der Waals surface area contributed by atoms with Gasteiger partial charge in [-0.25, -0.2) is 0 Å². The Hall–Kier alpha value is -2.01. The zero-order valence-corrected chi connectivity index (χ0v) is 13.6. The van der Waals surface area contributed by atoms with Gasteiger partial charge in [-0.1, -0.05) is 19.1 Å². The van der Waals surface area contributed by atoms with E-state index in [2.05, 4.69) is 18.1 Å². The van der Waals surface area contributed by atoms with Crippen LogP contribution >= 0.6 is 11.8 Å². The Morgan fingerprint density at radius 1 is 1.41 bits per heavy atom. The van der Waals surface area contributed by atoms with Crippen molar-refractivity contribution < 1.29 is 4.79 Å². The number of anilines is 1. The van der Waals surface area contributed by atoms with Crippen molar-refractivity contribution in [2.24, 2.45) is 7.05 Å². The summed E-state index contributed by atoms with van der Waals surface area (Å²) in [4.78, 5) is 15.7. The number of benzene rings is 1. The summed E-state index contributed by atoms with van der Waals surface area (Å²) in [6, 6.07) is 8.13. The Morgan fingerprint density at radius 2 is 2.23 bits per heavy atom. The Labute approximate surface area is 134 Å². The van der Waals surface area contributed by atoms with Crippen LogP contribution in [0.2, 0.25) is 0 Å². The molecule has 114 valence electrons. The summed E-state index contributed by atoms with van der Waals surface area (Å²) >= 11 is 1.84. The van der Waals surface area contributed by atoms with Gasteiger partial charge in [0, 0.05) is 41.6 Å². The quantitative estimate of drug-likeness (QED) is 0.798. The molecular formula is C17H19N3OS. The van der Waals surface area contributed by atoms with Crippen LogP contribution in [-0.2, 0) is 11.8 Å². The van der Waals surface area contributed by atoms with E-state index >= 15 is 0 Å². The topological polar surface area (TPSA) is 38.1 Å². The lowest BCUT2D eigenvalue weighted by atomic mass is 10.2. The van der Waals surface area contributed by atoms with Gasteiger partial charge in [-0.2, -0.15) is 5.10 Å². The maximum Gasteiger partial charge on any atom is 0.251 e. The van der Waals surface area contributed by atoms with E-state index in [1.165, 1.54) is 4.90 Å². The number of thioether (sulfide) groups is 1. The van der Waals surface area contributed by atoms with Crippen molar-refractivity contribution in [3.8, 4) is 0 Å². The summed E-state index contributed by atoms with van der Waals surface area (Å²) in [6.07, 6.45) is 8.08. The van der Waals surface area contributed by atoms with Gasteiger partial charge < -0.3 is 4.90 Å². The average molecular weight is 313 g/mol. The summed E-state index contributed by atoms with van der Waals surface area (Å²) in [6.45, 7) is 2.96. The molecule has 0 N–H and O–H groups in total. The Bertz CT molecular complexity index is 707. The van der Waals surface area contributed by atoms with Crippen molar-refractivity contribution in [1.29, 1.82) is 0 Å². The van der Waals surface area contributed by atoms with Crippen molar-refractivity contribution in [3.05, 3.63) is 48.3 Å². The summed E-state index contributed by atoms with van der Waals surface area (Å²) in [5.41, 5.74) is 1.94. The van der Waals surface area contributed by atoms with Gasteiger partial charge in [-0.15, -0.1) is 11.8 Å². The molecule has 2 aromatic rings. The van der Waals surface area contributed by atoms with Crippen LogP contribution in [0.15, 0.2) is 47.6 Å². The number of hydrogen-bond acceptors (Lipinski definition) is 3. The number of carbonyl (C=O) groups is 1. The molecule has 0 radical (unpaired) electrons. The highest BCUT2D eigenvalue weighted by Gasteiger charge is 2.22. The maximum absolute atomic E-state index is 12.6. The smallest absolute Gasteiger partial charge is 0.251 e. The Balaban J connectivity index is 1.84. The Morgan fingerprint density at radius 3 is 3.00 bits per heavy atom. The number of hydrogen-bond donors (Lipinski definition) is 0. The van der Waals surface area contributed by atoms with Gasteiger partial charge in [0.05, 0.1) is 11.9 Å². The van der Waals surface area contributed by atoms with Crippen LogP contribution in [0.25, 0.3) is 6.08 Å². The van der Waals surface area contributed by atoms with Crippen LogP contribution < -0.4 is 4.90 Å². The number of para-hydroxylation sites is 1. The Kier molecular flexibility index (Phi) is 4.34. The fraction of sp³-hybridized carbons (Fsp3) is 0.294. The maximum atomic E-state index is 12.6. The average Bonchev–Trinajstić information content (AvgIpc) is 2.84. The van der Waals surface area contributed by atoms with Gasteiger partial charge in [-0.05, 0) is 24.6 Å². The second-order valence-corrected chi connectivity index (χ2v) is 6.94. The van der Waals surface area contributed by atoms with Crippen LogP contribution in [0.3, 0.4) is 0 Å². The highest BCUT2D eigenvalue weighted by molar-refractivity contribution is 8.00. The van der Waals surface area contributed by atoms with Crippen molar-refractivity contribution in [1.82, 2.24) is 9.78 Å². The van der Waals surface area contributed by atoms with E-state index < -0.39 is 0 Å². The number of aromatic nitrogens is 2. The van der Waals surface area contributed by atoms with Crippen LogP contribution in [0, 0.1) is 0 Å². The second kappa shape index (κ2) is 6.40. The predicted octanol–water partition coefficient (Wildman–Crippen LogP) is 3.35. The summed E-state index contributed by atoms with van der Waals surface area (Å²) in [5, 5.41) is 4.62. The van der Waals surface area contributed by atoms with Gasteiger partial charge in [-0.3, -0.25) is 9.48 Å². The zero-order chi connectivity index (χ0) is 15.5. The number of fused-ring (bicyclic) bond motifs is 1. The number of nitrogens with zero attached hydrogens (tertiary/aromatic N) is 3. The molecule has 1 aliphatic rings. The van der Waals surface area contributed by atoms with Crippen molar-refractivity contribution in [2.45, 2.75) is 23.5 Å². The highest BCUT2D eigenvalue weighted by Crippen LogP contribution is 2.37. The van der Waals surface area contributed by atoms with Crippen molar-refractivity contribution in [2.75, 3.05) is 11.4 Å². The van der Waals surface area contributed by atoms with Crippen LogP contribution in [0.1, 0.15) is 18.9 Å². The molecule has 3 rings (SSSR count). The molecule has 22 heavy (non-hydrogen) atoms. The normalized spacial score (nSPS) is 18.3. The minimum atomic E-state index is 0.0194. The first-order chi connectivity index (χ1) is 10.6.